The highest BCUT2D eigenvalue weighted by molar-refractivity contribution is 6.10. The summed E-state index contributed by atoms with van der Waals surface area (Å²) >= 11 is 0. The Hall–Kier alpha value is -2.09. The van der Waals surface area contributed by atoms with Crippen molar-refractivity contribution in [1.82, 2.24) is 0 Å². The largest absolute Gasteiger partial charge is 0.487 e. The molecule has 0 aromatic heterocycles. The monoisotopic (exact) mass is 254 g/mol. The Morgan fingerprint density at radius 2 is 1.47 bits per heavy atom. The molecule has 0 aliphatic carbocycles. The SMILES string of the molecule is CC(C)(C)Oc1ccccc1C(=O)c1ccccc1. The highest BCUT2D eigenvalue weighted by Gasteiger charge is 2.18. The molecule has 19 heavy (non-hydrogen) atoms. The Morgan fingerprint density at radius 1 is 0.895 bits per heavy atom. The van der Waals surface area contributed by atoms with Gasteiger partial charge in [-0.3, -0.25) is 4.79 Å². The topological polar surface area (TPSA) is 26.3 Å². The first-order valence-corrected chi connectivity index (χ1v) is 6.35. The Bertz CT molecular complexity index is 565. The summed E-state index contributed by atoms with van der Waals surface area (Å²) in [5.41, 5.74) is 0.948. The second-order valence-electron chi connectivity index (χ2n) is 5.41. The first kappa shape index (κ1) is 13.3. The van der Waals surface area contributed by atoms with Crippen molar-refractivity contribution in [2.24, 2.45) is 0 Å². The third-order valence-electron chi connectivity index (χ3n) is 2.58. The molecule has 0 amide bonds. The number of hydrogen-bond acceptors (Lipinski definition) is 2. The van der Waals surface area contributed by atoms with Crippen molar-refractivity contribution < 1.29 is 9.53 Å². The van der Waals surface area contributed by atoms with E-state index in [9.17, 15) is 4.79 Å². The molecule has 2 aromatic rings. The Labute approximate surface area is 114 Å². The predicted octanol–water partition coefficient (Wildman–Crippen LogP) is 4.09. The lowest BCUT2D eigenvalue weighted by Crippen LogP contribution is -2.24. The van der Waals surface area contributed by atoms with Crippen LogP contribution in [0.3, 0.4) is 0 Å². The summed E-state index contributed by atoms with van der Waals surface area (Å²) < 4.78 is 5.85. The van der Waals surface area contributed by atoms with Crippen molar-refractivity contribution in [1.29, 1.82) is 0 Å². The van der Waals surface area contributed by atoms with Gasteiger partial charge in [-0.15, -0.1) is 0 Å². The van der Waals surface area contributed by atoms with E-state index in [-0.39, 0.29) is 11.4 Å². The Kier molecular flexibility index (Phi) is 3.70. The highest BCUT2D eigenvalue weighted by atomic mass is 16.5. The molecule has 0 bridgehead atoms. The highest BCUT2D eigenvalue weighted by Crippen LogP contribution is 2.25. The third-order valence-corrected chi connectivity index (χ3v) is 2.58. The van der Waals surface area contributed by atoms with Crippen molar-refractivity contribution >= 4 is 5.78 Å². The molecular weight excluding hydrogens is 236 g/mol. The van der Waals surface area contributed by atoms with Gasteiger partial charge in [0.1, 0.15) is 11.4 Å². The van der Waals surface area contributed by atoms with E-state index in [0.29, 0.717) is 16.9 Å². The average molecular weight is 254 g/mol. The van der Waals surface area contributed by atoms with Gasteiger partial charge in [-0.25, -0.2) is 0 Å². The Morgan fingerprint density at radius 3 is 2.11 bits per heavy atom. The fraction of sp³-hybridized carbons (Fsp3) is 0.235. The molecule has 2 heteroatoms. The lowest BCUT2D eigenvalue weighted by atomic mass is 10.0. The van der Waals surface area contributed by atoms with Crippen molar-refractivity contribution in [2.45, 2.75) is 26.4 Å². The third kappa shape index (κ3) is 3.44. The molecule has 0 saturated heterocycles. The van der Waals surface area contributed by atoms with Crippen LogP contribution in [0.25, 0.3) is 0 Å². The summed E-state index contributed by atoms with van der Waals surface area (Å²) in [6.45, 7) is 5.91. The molecule has 2 aromatic carbocycles. The fourth-order valence-corrected chi connectivity index (χ4v) is 1.82. The summed E-state index contributed by atoms with van der Waals surface area (Å²) in [5.74, 6) is 0.615. The molecule has 98 valence electrons. The summed E-state index contributed by atoms with van der Waals surface area (Å²) in [4.78, 5) is 12.5. The van der Waals surface area contributed by atoms with Crippen LogP contribution in [-0.4, -0.2) is 11.4 Å². The van der Waals surface area contributed by atoms with E-state index in [1.54, 1.807) is 6.07 Å². The minimum Gasteiger partial charge on any atom is -0.487 e. The van der Waals surface area contributed by atoms with Gasteiger partial charge >= 0.3 is 0 Å². The van der Waals surface area contributed by atoms with Gasteiger partial charge in [-0.1, -0.05) is 42.5 Å². The average Bonchev–Trinajstić information content (AvgIpc) is 2.38. The predicted molar refractivity (Wildman–Crippen MR) is 76.7 cm³/mol. The molecule has 0 radical (unpaired) electrons. The van der Waals surface area contributed by atoms with Gasteiger partial charge < -0.3 is 4.74 Å². The molecule has 0 saturated carbocycles. The molecule has 0 fully saturated rings. The van der Waals surface area contributed by atoms with Crippen LogP contribution >= 0.6 is 0 Å². The lowest BCUT2D eigenvalue weighted by molar-refractivity contribution is 0.101. The number of carbonyl (C=O) groups is 1. The van der Waals surface area contributed by atoms with Gasteiger partial charge in [-0.2, -0.15) is 0 Å². The number of benzene rings is 2. The molecule has 0 atom stereocenters. The zero-order valence-electron chi connectivity index (χ0n) is 11.5. The summed E-state index contributed by atoms with van der Waals surface area (Å²) in [6, 6.07) is 16.6. The van der Waals surface area contributed by atoms with E-state index in [4.69, 9.17) is 4.74 Å². The number of ketones is 1. The molecule has 0 aliphatic rings. The number of para-hydroxylation sites is 1. The van der Waals surface area contributed by atoms with Crippen molar-refractivity contribution in [3.63, 3.8) is 0 Å². The normalized spacial score (nSPS) is 11.1. The molecule has 2 nitrogen and oxygen atoms in total. The van der Waals surface area contributed by atoms with Gasteiger partial charge in [0, 0.05) is 5.56 Å². The maximum absolute atomic E-state index is 12.5. The minimum absolute atomic E-state index is 0.0135. The first-order valence-electron chi connectivity index (χ1n) is 6.35. The molecule has 0 aliphatic heterocycles. The second kappa shape index (κ2) is 5.27. The lowest BCUT2D eigenvalue weighted by Gasteiger charge is -2.22. The minimum atomic E-state index is -0.326. The van der Waals surface area contributed by atoms with E-state index >= 15 is 0 Å². The smallest absolute Gasteiger partial charge is 0.196 e. The number of hydrogen-bond donors (Lipinski definition) is 0. The van der Waals surface area contributed by atoms with Gasteiger partial charge in [0.25, 0.3) is 0 Å². The van der Waals surface area contributed by atoms with Gasteiger partial charge in [0.2, 0.25) is 0 Å². The van der Waals surface area contributed by atoms with Crippen molar-refractivity contribution in [3.05, 3.63) is 65.7 Å². The molecule has 0 spiro atoms. The van der Waals surface area contributed by atoms with Crippen LogP contribution in [0.15, 0.2) is 54.6 Å². The zero-order chi connectivity index (χ0) is 13.9. The summed E-state index contributed by atoms with van der Waals surface area (Å²) in [7, 11) is 0. The van der Waals surface area contributed by atoms with E-state index in [2.05, 4.69) is 0 Å². The standard InChI is InChI=1S/C17H18O2/c1-17(2,3)19-15-12-8-7-11-14(15)16(18)13-9-5-4-6-10-13/h4-12H,1-3H3. The quantitative estimate of drug-likeness (QED) is 0.771. The van der Waals surface area contributed by atoms with Crippen LogP contribution in [0.1, 0.15) is 36.7 Å². The zero-order valence-corrected chi connectivity index (χ0v) is 11.5. The number of rotatable bonds is 3. The molecule has 0 N–H and O–H groups in total. The Balaban J connectivity index is 2.38. The molecular formula is C17H18O2. The maximum atomic E-state index is 12.5. The first-order chi connectivity index (χ1) is 8.97. The fourth-order valence-electron chi connectivity index (χ4n) is 1.82. The van der Waals surface area contributed by atoms with Gasteiger partial charge in [-0.05, 0) is 32.9 Å². The molecule has 0 heterocycles. The van der Waals surface area contributed by atoms with Crippen LogP contribution in [0.5, 0.6) is 5.75 Å². The van der Waals surface area contributed by atoms with Gasteiger partial charge in [0.15, 0.2) is 5.78 Å². The number of ether oxygens (including phenoxy) is 1. The van der Waals surface area contributed by atoms with E-state index < -0.39 is 0 Å². The molecule has 2 rings (SSSR count). The summed E-state index contributed by atoms with van der Waals surface area (Å²) in [5, 5.41) is 0. The molecule has 0 unspecified atom stereocenters. The van der Waals surface area contributed by atoms with Crippen molar-refractivity contribution in [3.8, 4) is 5.75 Å². The van der Waals surface area contributed by atoms with Crippen LogP contribution in [-0.2, 0) is 0 Å². The van der Waals surface area contributed by atoms with Crippen molar-refractivity contribution in [2.75, 3.05) is 0 Å². The summed E-state index contributed by atoms with van der Waals surface area (Å²) in [6.07, 6.45) is 0. The van der Waals surface area contributed by atoms with Crippen LogP contribution in [0.2, 0.25) is 0 Å². The van der Waals surface area contributed by atoms with E-state index in [1.165, 1.54) is 0 Å². The van der Waals surface area contributed by atoms with Crippen LogP contribution in [0, 0.1) is 0 Å². The number of carbonyl (C=O) groups excluding carboxylic acids is 1. The van der Waals surface area contributed by atoms with E-state index in [0.717, 1.165) is 0 Å². The maximum Gasteiger partial charge on any atom is 0.196 e. The van der Waals surface area contributed by atoms with E-state index in [1.807, 2.05) is 69.3 Å². The van der Waals surface area contributed by atoms with Crippen LogP contribution in [0.4, 0.5) is 0 Å². The van der Waals surface area contributed by atoms with Gasteiger partial charge in [0.05, 0.1) is 5.56 Å². The van der Waals surface area contributed by atoms with Crippen LogP contribution < -0.4 is 4.74 Å². The second-order valence-corrected chi connectivity index (χ2v) is 5.41.